The number of rotatable bonds is 1. The van der Waals surface area contributed by atoms with Gasteiger partial charge in [0.15, 0.2) is 23.3 Å². The fourth-order valence-electron chi connectivity index (χ4n) is 0.793. The van der Waals surface area contributed by atoms with E-state index in [0.717, 1.165) is 0 Å². The van der Waals surface area contributed by atoms with Gasteiger partial charge in [0, 0.05) is 0 Å². The molecule has 0 saturated carbocycles. The lowest BCUT2D eigenvalue weighted by molar-refractivity contribution is 0.320. The molecule has 0 aliphatic heterocycles. The molecule has 1 aromatic carbocycles. The molecule has 0 aliphatic rings. The molecule has 1 N–H and O–H groups in total. The predicted molar refractivity (Wildman–Crippen MR) is 35.6 cm³/mol. The highest BCUT2D eigenvalue weighted by Crippen LogP contribution is 2.21. The zero-order valence-electron chi connectivity index (χ0n) is 6.36. The molecule has 76 valence electrons. The van der Waals surface area contributed by atoms with Gasteiger partial charge in [-0.3, -0.25) is 0 Å². The lowest BCUT2D eigenvalue weighted by Crippen LogP contribution is -2.06. The third-order valence-corrected chi connectivity index (χ3v) is 1.43. The molecule has 0 heterocycles. The van der Waals surface area contributed by atoms with Crippen molar-refractivity contribution in [1.82, 2.24) is 0 Å². The minimum Gasteiger partial charge on any atom is -0.411 e. The van der Waals surface area contributed by atoms with Crippen LogP contribution in [0.5, 0.6) is 0 Å². The summed E-state index contributed by atoms with van der Waals surface area (Å²) in [4.78, 5) is 0. The summed E-state index contributed by atoms with van der Waals surface area (Å²) in [6, 6.07) is 0. The van der Waals surface area contributed by atoms with Crippen LogP contribution in [0.1, 0.15) is 5.56 Å². The average molecular weight is 211 g/mol. The van der Waals surface area contributed by atoms with Crippen molar-refractivity contribution in [1.29, 1.82) is 0 Å². The molecular weight excluding hydrogens is 209 g/mol. The largest absolute Gasteiger partial charge is 0.411 e. The van der Waals surface area contributed by atoms with Gasteiger partial charge in [-0.2, -0.15) is 0 Å². The molecule has 1 aromatic rings. The summed E-state index contributed by atoms with van der Waals surface area (Å²) in [5.74, 6) is -10.5. The molecule has 0 aromatic heterocycles. The Morgan fingerprint density at radius 2 is 1.14 bits per heavy atom. The smallest absolute Gasteiger partial charge is 0.200 e. The SMILES string of the molecule is O/N=C/c1c(F)c(F)c(F)c(F)c1F. The molecule has 0 amide bonds. The number of oxime groups is 1. The Kier molecular flexibility index (Phi) is 2.68. The van der Waals surface area contributed by atoms with Gasteiger partial charge in [-0.15, -0.1) is 0 Å². The van der Waals surface area contributed by atoms with Crippen molar-refractivity contribution >= 4 is 6.21 Å². The third-order valence-electron chi connectivity index (χ3n) is 1.43. The Balaban J connectivity index is 3.59. The highest BCUT2D eigenvalue weighted by Gasteiger charge is 2.24. The van der Waals surface area contributed by atoms with E-state index < -0.39 is 34.6 Å². The van der Waals surface area contributed by atoms with Crippen molar-refractivity contribution in [2.45, 2.75) is 0 Å². The number of hydrogen-bond donors (Lipinski definition) is 1. The molecule has 14 heavy (non-hydrogen) atoms. The van der Waals surface area contributed by atoms with Crippen LogP contribution in [0, 0.1) is 29.1 Å². The maximum Gasteiger partial charge on any atom is 0.200 e. The number of hydrogen-bond acceptors (Lipinski definition) is 2. The van der Waals surface area contributed by atoms with Crippen molar-refractivity contribution in [3.63, 3.8) is 0 Å². The summed E-state index contributed by atoms with van der Waals surface area (Å²) in [6.45, 7) is 0. The van der Waals surface area contributed by atoms with Gasteiger partial charge in [0.2, 0.25) is 5.82 Å². The van der Waals surface area contributed by atoms with E-state index in [9.17, 15) is 22.0 Å². The highest BCUT2D eigenvalue weighted by atomic mass is 19.2. The molecular formula is C7H2F5NO. The fourth-order valence-corrected chi connectivity index (χ4v) is 0.793. The first kappa shape index (κ1) is 10.4. The monoisotopic (exact) mass is 211 g/mol. The minimum atomic E-state index is -2.25. The summed E-state index contributed by atoms with van der Waals surface area (Å²) in [6.07, 6.45) is 0.121. The van der Waals surface area contributed by atoms with Crippen LogP contribution in [0.15, 0.2) is 5.16 Å². The first-order valence-corrected chi connectivity index (χ1v) is 3.19. The summed E-state index contributed by atoms with van der Waals surface area (Å²) < 4.78 is 62.6. The van der Waals surface area contributed by atoms with Crippen LogP contribution in [0.2, 0.25) is 0 Å². The Morgan fingerprint density at radius 3 is 1.50 bits per heavy atom. The van der Waals surface area contributed by atoms with Crippen LogP contribution in [-0.2, 0) is 0 Å². The summed E-state index contributed by atoms with van der Waals surface area (Å²) in [5, 5.41) is 10.1. The van der Waals surface area contributed by atoms with E-state index in [1.807, 2.05) is 0 Å². The molecule has 7 heteroatoms. The van der Waals surface area contributed by atoms with Crippen LogP contribution < -0.4 is 0 Å². The van der Waals surface area contributed by atoms with Crippen molar-refractivity contribution in [2.75, 3.05) is 0 Å². The Hall–Kier alpha value is -1.66. The average Bonchev–Trinajstić information content (AvgIpc) is 2.19. The molecule has 0 spiro atoms. The minimum absolute atomic E-state index is 0.121. The van der Waals surface area contributed by atoms with Crippen LogP contribution in [-0.4, -0.2) is 11.4 Å². The molecule has 0 aliphatic carbocycles. The second-order valence-electron chi connectivity index (χ2n) is 2.23. The van der Waals surface area contributed by atoms with E-state index in [0.29, 0.717) is 0 Å². The van der Waals surface area contributed by atoms with Gasteiger partial charge in [-0.1, -0.05) is 5.16 Å². The van der Waals surface area contributed by atoms with E-state index in [2.05, 4.69) is 5.16 Å². The van der Waals surface area contributed by atoms with Crippen molar-refractivity contribution in [2.24, 2.45) is 5.16 Å². The second-order valence-corrected chi connectivity index (χ2v) is 2.23. The van der Waals surface area contributed by atoms with Crippen molar-refractivity contribution in [3.8, 4) is 0 Å². The van der Waals surface area contributed by atoms with Gasteiger partial charge >= 0.3 is 0 Å². The first-order valence-electron chi connectivity index (χ1n) is 3.19. The molecule has 0 saturated heterocycles. The Morgan fingerprint density at radius 1 is 0.786 bits per heavy atom. The van der Waals surface area contributed by atoms with Gasteiger partial charge in [-0.25, -0.2) is 22.0 Å². The molecule has 0 fully saturated rings. The summed E-state index contributed by atoms with van der Waals surface area (Å²) in [7, 11) is 0. The van der Waals surface area contributed by atoms with Gasteiger partial charge in [0.25, 0.3) is 0 Å². The van der Waals surface area contributed by atoms with Crippen LogP contribution >= 0.6 is 0 Å². The lowest BCUT2D eigenvalue weighted by atomic mass is 10.2. The predicted octanol–water partition coefficient (Wildman–Crippen LogP) is 2.19. The van der Waals surface area contributed by atoms with E-state index in [4.69, 9.17) is 5.21 Å². The molecule has 0 atom stereocenters. The number of nitrogens with zero attached hydrogens (tertiary/aromatic N) is 1. The number of benzene rings is 1. The van der Waals surface area contributed by atoms with Crippen molar-refractivity contribution in [3.05, 3.63) is 34.6 Å². The van der Waals surface area contributed by atoms with E-state index in [1.54, 1.807) is 0 Å². The Labute approximate surface area is 74.3 Å². The van der Waals surface area contributed by atoms with Gasteiger partial charge in [-0.05, 0) is 0 Å². The third kappa shape index (κ3) is 1.40. The summed E-state index contributed by atoms with van der Waals surface area (Å²) >= 11 is 0. The maximum absolute atomic E-state index is 12.7. The molecule has 0 unspecified atom stereocenters. The highest BCUT2D eigenvalue weighted by molar-refractivity contribution is 5.79. The van der Waals surface area contributed by atoms with Crippen molar-refractivity contribution < 1.29 is 27.2 Å². The number of halogens is 5. The van der Waals surface area contributed by atoms with E-state index >= 15 is 0 Å². The molecule has 0 radical (unpaired) electrons. The lowest BCUT2D eigenvalue weighted by Gasteiger charge is -2.02. The zero-order valence-corrected chi connectivity index (χ0v) is 6.36. The topological polar surface area (TPSA) is 32.6 Å². The van der Waals surface area contributed by atoms with E-state index in [-0.39, 0.29) is 6.21 Å². The van der Waals surface area contributed by atoms with Gasteiger partial charge < -0.3 is 5.21 Å². The standard InChI is InChI=1S/C7H2F5NO/c8-3-2(1-13-14)4(9)6(11)7(12)5(3)10/h1,14H/b13-1+. The normalized spacial score (nSPS) is 11.2. The first-order chi connectivity index (χ1) is 6.50. The van der Waals surface area contributed by atoms with Crippen LogP contribution in [0.3, 0.4) is 0 Å². The Bertz CT molecular complexity index is 375. The van der Waals surface area contributed by atoms with Gasteiger partial charge in [0.1, 0.15) is 0 Å². The van der Waals surface area contributed by atoms with Crippen LogP contribution in [0.4, 0.5) is 22.0 Å². The molecule has 1 rings (SSSR count). The van der Waals surface area contributed by atoms with Crippen LogP contribution in [0.25, 0.3) is 0 Å². The van der Waals surface area contributed by atoms with Gasteiger partial charge in [0.05, 0.1) is 11.8 Å². The summed E-state index contributed by atoms with van der Waals surface area (Å²) in [5.41, 5.74) is -1.29. The second kappa shape index (κ2) is 3.60. The fraction of sp³-hybridized carbons (Fsp3) is 0. The zero-order chi connectivity index (χ0) is 10.9. The van der Waals surface area contributed by atoms with E-state index in [1.165, 1.54) is 0 Å². The quantitative estimate of drug-likeness (QED) is 0.189. The molecule has 0 bridgehead atoms. The molecule has 2 nitrogen and oxygen atoms in total. The maximum atomic E-state index is 12.7.